The van der Waals surface area contributed by atoms with E-state index in [0.29, 0.717) is 10.6 Å². The predicted molar refractivity (Wildman–Crippen MR) is 110 cm³/mol. The minimum atomic E-state index is -4.71. The number of carbonyl (C=O) groups is 1. The van der Waals surface area contributed by atoms with Gasteiger partial charge in [-0.3, -0.25) is 9.00 Å². The summed E-state index contributed by atoms with van der Waals surface area (Å²) in [6, 6.07) is 7.18. The summed E-state index contributed by atoms with van der Waals surface area (Å²) in [6.07, 6.45) is -5.05. The molecule has 2 aromatic carbocycles. The molecule has 32 heavy (non-hydrogen) atoms. The van der Waals surface area contributed by atoms with E-state index in [9.17, 15) is 26.7 Å². The number of carboxylic acid groups (broad SMARTS) is 1. The fraction of sp³-hybridized carbons (Fsp3) is 0.250. The molecular formula is C20H16F3N2O5S2-. The van der Waals surface area contributed by atoms with Crippen molar-refractivity contribution in [2.24, 2.45) is 0 Å². The SMILES string of the molecule is COc1ccc(CC(=O)O)cc1-c1ccc(C(F)(F)F)cc1C(c1nnc(C)s1)S(=O)[O-]. The highest BCUT2D eigenvalue weighted by atomic mass is 32.2. The summed E-state index contributed by atoms with van der Waals surface area (Å²) in [5.74, 6) is -0.861. The van der Waals surface area contributed by atoms with E-state index in [1.165, 1.54) is 25.3 Å². The van der Waals surface area contributed by atoms with Gasteiger partial charge in [0, 0.05) is 5.56 Å². The number of rotatable bonds is 7. The molecule has 12 heteroatoms. The van der Waals surface area contributed by atoms with E-state index < -0.39 is 34.0 Å². The molecule has 170 valence electrons. The van der Waals surface area contributed by atoms with Crippen molar-refractivity contribution < 1.29 is 36.6 Å². The largest absolute Gasteiger partial charge is 0.772 e. The van der Waals surface area contributed by atoms with Gasteiger partial charge in [0.25, 0.3) is 0 Å². The van der Waals surface area contributed by atoms with Crippen LogP contribution < -0.4 is 4.74 Å². The molecule has 1 aromatic heterocycles. The molecule has 7 nitrogen and oxygen atoms in total. The number of halogens is 3. The second kappa shape index (κ2) is 9.35. The van der Waals surface area contributed by atoms with E-state index in [1.54, 1.807) is 6.92 Å². The number of carboxylic acids is 1. The topological polar surface area (TPSA) is 112 Å². The highest BCUT2D eigenvalue weighted by molar-refractivity contribution is 7.79. The first kappa shape index (κ1) is 23.8. The number of aromatic nitrogens is 2. The first-order valence-electron chi connectivity index (χ1n) is 8.99. The standard InChI is InChI=1S/C20H17F3N2O5S2/c1-10-24-25-19(31-10)18(32(28)29)15-9-12(20(21,22)23)4-5-13(15)14-7-11(8-17(26)27)3-6-16(14)30-2/h3-7,9,18H,8H2,1-2H3,(H,26,27)(H,28,29)/p-1. The van der Waals surface area contributed by atoms with Crippen LogP contribution in [0.2, 0.25) is 0 Å². The number of hydrogen-bond acceptors (Lipinski definition) is 7. The van der Waals surface area contributed by atoms with Crippen molar-refractivity contribution in [3.63, 3.8) is 0 Å². The molecule has 0 amide bonds. The maximum atomic E-state index is 13.5. The summed E-state index contributed by atoms with van der Waals surface area (Å²) in [5.41, 5.74) is -0.440. The number of aliphatic carboxylic acids is 1. The molecule has 0 radical (unpaired) electrons. The van der Waals surface area contributed by atoms with Crippen LogP contribution >= 0.6 is 11.3 Å². The minimum absolute atomic E-state index is 0.0112. The number of benzene rings is 2. The zero-order chi connectivity index (χ0) is 23.6. The Morgan fingerprint density at radius 1 is 1.22 bits per heavy atom. The molecule has 0 aliphatic heterocycles. The van der Waals surface area contributed by atoms with Crippen LogP contribution in [-0.2, 0) is 28.5 Å². The minimum Gasteiger partial charge on any atom is -0.772 e. The summed E-state index contributed by atoms with van der Waals surface area (Å²) >= 11 is -1.93. The molecule has 2 unspecified atom stereocenters. The summed E-state index contributed by atoms with van der Waals surface area (Å²) < 4.78 is 70.0. The van der Waals surface area contributed by atoms with Crippen LogP contribution in [0.25, 0.3) is 11.1 Å². The molecule has 2 atom stereocenters. The van der Waals surface area contributed by atoms with Crippen LogP contribution in [0.1, 0.15) is 32.0 Å². The summed E-state index contributed by atoms with van der Waals surface area (Å²) in [5, 5.41) is 15.6. The third kappa shape index (κ3) is 5.14. The Morgan fingerprint density at radius 2 is 1.94 bits per heavy atom. The number of ether oxygens (including phenoxy) is 1. The monoisotopic (exact) mass is 485 g/mol. The average molecular weight is 485 g/mol. The Bertz CT molecular complexity index is 1180. The van der Waals surface area contributed by atoms with Gasteiger partial charge in [-0.2, -0.15) is 13.2 Å². The molecule has 1 N–H and O–H groups in total. The molecule has 1 heterocycles. The fourth-order valence-corrected chi connectivity index (χ4v) is 4.88. The van der Waals surface area contributed by atoms with Crippen molar-refractivity contribution in [2.75, 3.05) is 7.11 Å². The third-order valence-electron chi connectivity index (χ3n) is 4.53. The second-order valence-electron chi connectivity index (χ2n) is 6.70. The zero-order valence-corrected chi connectivity index (χ0v) is 18.3. The maximum absolute atomic E-state index is 13.5. The first-order chi connectivity index (χ1) is 15.0. The Hall–Kier alpha value is -2.83. The van der Waals surface area contributed by atoms with Crippen LogP contribution in [-0.4, -0.2) is 37.1 Å². The number of methoxy groups -OCH3 is 1. The molecular weight excluding hydrogens is 469 g/mol. The molecule has 0 saturated carbocycles. The molecule has 0 aliphatic carbocycles. The average Bonchev–Trinajstić information content (AvgIpc) is 3.12. The van der Waals surface area contributed by atoms with Crippen molar-refractivity contribution in [3.8, 4) is 16.9 Å². The number of hydrogen-bond donors (Lipinski definition) is 1. The van der Waals surface area contributed by atoms with E-state index in [-0.39, 0.29) is 33.9 Å². The lowest BCUT2D eigenvalue weighted by Crippen LogP contribution is -2.13. The smallest absolute Gasteiger partial charge is 0.416 e. The third-order valence-corrected chi connectivity index (χ3v) is 6.44. The predicted octanol–water partition coefficient (Wildman–Crippen LogP) is 4.14. The summed E-state index contributed by atoms with van der Waals surface area (Å²) in [4.78, 5) is 11.1. The Labute approximate surface area is 187 Å². The van der Waals surface area contributed by atoms with Gasteiger partial charge < -0.3 is 14.4 Å². The molecule has 0 fully saturated rings. The lowest BCUT2D eigenvalue weighted by atomic mass is 9.93. The number of aryl methyl sites for hydroxylation is 1. The van der Waals surface area contributed by atoms with Crippen molar-refractivity contribution in [2.45, 2.75) is 24.8 Å². The van der Waals surface area contributed by atoms with Gasteiger partial charge in [0.1, 0.15) is 21.0 Å². The van der Waals surface area contributed by atoms with Crippen LogP contribution in [0.15, 0.2) is 36.4 Å². The van der Waals surface area contributed by atoms with Gasteiger partial charge in [-0.1, -0.05) is 12.1 Å². The lowest BCUT2D eigenvalue weighted by molar-refractivity contribution is -0.138. The first-order valence-corrected chi connectivity index (χ1v) is 10.9. The normalized spacial score (nSPS) is 13.6. The quantitative estimate of drug-likeness (QED) is 0.501. The van der Waals surface area contributed by atoms with Crippen LogP contribution in [0.3, 0.4) is 0 Å². The van der Waals surface area contributed by atoms with Crippen molar-refractivity contribution in [1.29, 1.82) is 0 Å². The van der Waals surface area contributed by atoms with Gasteiger partial charge in [0.15, 0.2) is 0 Å². The van der Waals surface area contributed by atoms with Gasteiger partial charge in [-0.05, 0) is 59.0 Å². The number of alkyl halides is 3. The summed E-state index contributed by atoms with van der Waals surface area (Å²) in [7, 11) is 1.34. The lowest BCUT2D eigenvalue weighted by Gasteiger charge is -2.23. The van der Waals surface area contributed by atoms with E-state index in [2.05, 4.69) is 10.2 Å². The Morgan fingerprint density at radius 3 is 2.47 bits per heavy atom. The van der Waals surface area contributed by atoms with Crippen molar-refractivity contribution >= 4 is 28.4 Å². The van der Waals surface area contributed by atoms with Crippen LogP contribution in [0.5, 0.6) is 5.75 Å². The van der Waals surface area contributed by atoms with Gasteiger partial charge in [-0.15, -0.1) is 21.5 Å². The Kier molecular flexibility index (Phi) is 6.96. The van der Waals surface area contributed by atoms with E-state index >= 15 is 0 Å². The summed E-state index contributed by atoms with van der Waals surface area (Å²) in [6.45, 7) is 1.59. The van der Waals surface area contributed by atoms with Gasteiger partial charge in [-0.25, -0.2) is 0 Å². The van der Waals surface area contributed by atoms with Gasteiger partial charge >= 0.3 is 12.1 Å². The van der Waals surface area contributed by atoms with Crippen LogP contribution in [0.4, 0.5) is 13.2 Å². The van der Waals surface area contributed by atoms with Gasteiger partial charge in [0.2, 0.25) is 0 Å². The van der Waals surface area contributed by atoms with E-state index in [4.69, 9.17) is 9.84 Å². The van der Waals surface area contributed by atoms with Crippen molar-refractivity contribution in [1.82, 2.24) is 10.2 Å². The molecule has 0 saturated heterocycles. The van der Waals surface area contributed by atoms with E-state index in [1.807, 2.05) is 0 Å². The molecule has 3 rings (SSSR count). The van der Waals surface area contributed by atoms with Gasteiger partial charge in [0.05, 0.1) is 19.1 Å². The highest BCUT2D eigenvalue weighted by Gasteiger charge is 2.33. The van der Waals surface area contributed by atoms with E-state index in [0.717, 1.165) is 29.5 Å². The molecule has 0 bridgehead atoms. The van der Waals surface area contributed by atoms with Crippen LogP contribution in [0, 0.1) is 6.92 Å². The molecule has 3 aromatic rings. The zero-order valence-electron chi connectivity index (χ0n) is 16.7. The fourth-order valence-electron chi connectivity index (χ4n) is 3.19. The second-order valence-corrected chi connectivity index (χ2v) is 8.91. The molecule has 0 aliphatic rings. The Balaban J connectivity index is 2.31. The number of nitrogens with zero attached hydrogens (tertiary/aromatic N) is 2. The highest BCUT2D eigenvalue weighted by Crippen LogP contribution is 2.42. The van der Waals surface area contributed by atoms with Crippen molar-refractivity contribution in [3.05, 3.63) is 63.1 Å². The maximum Gasteiger partial charge on any atom is 0.416 e. The molecule has 0 spiro atoms.